The largest absolute Gasteiger partial charge is 0.480 e. The maximum absolute atomic E-state index is 12.1. The van der Waals surface area contributed by atoms with Crippen LogP contribution in [-0.2, 0) is 20.7 Å². The molecule has 1 atom stereocenters. The van der Waals surface area contributed by atoms with Crippen LogP contribution in [0.2, 0.25) is 0 Å². The van der Waals surface area contributed by atoms with Crippen LogP contribution < -0.4 is 0 Å². The van der Waals surface area contributed by atoms with Gasteiger partial charge in [0.05, 0.1) is 0 Å². The standard InChI is InChI=1S/C15H20O4/c1-14(2,3)19-13(18)15(4,12(16)17)10-11-8-6-5-7-9-11/h5-9H,10H2,1-4H3,(H,16,17)/t15-/m1/s1. The van der Waals surface area contributed by atoms with E-state index in [0.29, 0.717) is 0 Å². The first-order chi connectivity index (χ1) is 8.65. The third kappa shape index (κ3) is 4.09. The minimum atomic E-state index is -1.57. The second-order valence-electron chi connectivity index (χ2n) is 5.80. The molecule has 0 amide bonds. The summed E-state index contributed by atoms with van der Waals surface area (Å²) in [6.45, 7) is 6.55. The summed E-state index contributed by atoms with van der Waals surface area (Å²) >= 11 is 0. The van der Waals surface area contributed by atoms with E-state index in [2.05, 4.69) is 0 Å². The summed E-state index contributed by atoms with van der Waals surface area (Å²) in [5.74, 6) is -1.89. The highest BCUT2D eigenvalue weighted by atomic mass is 16.6. The van der Waals surface area contributed by atoms with Crippen molar-refractivity contribution in [3.8, 4) is 0 Å². The van der Waals surface area contributed by atoms with E-state index < -0.39 is 23.0 Å². The maximum Gasteiger partial charge on any atom is 0.324 e. The molecule has 4 heteroatoms. The molecule has 0 aliphatic carbocycles. The summed E-state index contributed by atoms with van der Waals surface area (Å²) in [5, 5.41) is 9.36. The molecule has 104 valence electrons. The molecular weight excluding hydrogens is 244 g/mol. The van der Waals surface area contributed by atoms with Gasteiger partial charge in [0.2, 0.25) is 0 Å². The van der Waals surface area contributed by atoms with E-state index >= 15 is 0 Å². The van der Waals surface area contributed by atoms with Crippen molar-refractivity contribution in [1.82, 2.24) is 0 Å². The predicted molar refractivity (Wildman–Crippen MR) is 71.7 cm³/mol. The van der Waals surface area contributed by atoms with Gasteiger partial charge >= 0.3 is 11.9 Å². The number of carboxylic acid groups (broad SMARTS) is 1. The zero-order chi connectivity index (χ0) is 14.7. The number of hydrogen-bond donors (Lipinski definition) is 1. The molecule has 0 aliphatic heterocycles. The van der Waals surface area contributed by atoms with Crippen LogP contribution in [0.4, 0.5) is 0 Å². The summed E-state index contributed by atoms with van der Waals surface area (Å²) in [7, 11) is 0. The smallest absolute Gasteiger partial charge is 0.324 e. The van der Waals surface area contributed by atoms with Gasteiger partial charge in [-0.2, -0.15) is 0 Å². The summed E-state index contributed by atoms with van der Waals surface area (Å²) < 4.78 is 5.22. The van der Waals surface area contributed by atoms with Gasteiger partial charge in [-0.15, -0.1) is 0 Å². The van der Waals surface area contributed by atoms with Crippen molar-refractivity contribution in [2.75, 3.05) is 0 Å². The van der Waals surface area contributed by atoms with Gasteiger partial charge in [0.1, 0.15) is 5.60 Å². The van der Waals surface area contributed by atoms with Gasteiger partial charge in [-0.05, 0) is 39.7 Å². The van der Waals surface area contributed by atoms with Crippen LogP contribution >= 0.6 is 0 Å². The second-order valence-corrected chi connectivity index (χ2v) is 5.80. The van der Waals surface area contributed by atoms with Crippen LogP contribution in [0.5, 0.6) is 0 Å². The van der Waals surface area contributed by atoms with E-state index in [1.807, 2.05) is 18.2 Å². The van der Waals surface area contributed by atoms with Crippen molar-refractivity contribution in [2.24, 2.45) is 5.41 Å². The van der Waals surface area contributed by atoms with Crippen molar-refractivity contribution in [2.45, 2.75) is 39.7 Å². The number of hydrogen-bond acceptors (Lipinski definition) is 3. The van der Waals surface area contributed by atoms with Crippen molar-refractivity contribution >= 4 is 11.9 Å². The number of aliphatic carboxylic acids is 1. The molecule has 1 rings (SSSR count). The van der Waals surface area contributed by atoms with E-state index in [0.717, 1.165) is 5.56 Å². The van der Waals surface area contributed by atoms with E-state index in [-0.39, 0.29) is 6.42 Å². The first-order valence-electron chi connectivity index (χ1n) is 6.16. The Morgan fingerprint density at radius 3 is 2.05 bits per heavy atom. The van der Waals surface area contributed by atoms with Crippen molar-refractivity contribution < 1.29 is 19.4 Å². The van der Waals surface area contributed by atoms with Gasteiger partial charge in [-0.3, -0.25) is 9.59 Å². The Morgan fingerprint density at radius 1 is 1.11 bits per heavy atom. The molecule has 0 unspecified atom stereocenters. The number of rotatable bonds is 4. The maximum atomic E-state index is 12.1. The Morgan fingerprint density at radius 2 is 1.63 bits per heavy atom. The van der Waals surface area contributed by atoms with Crippen LogP contribution in [-0.4, -0.2) is 22.6 Å². The number of benzene rings is 1. The van der Waals surface area contributed by atoms with Crippen molar-refractivity contribution in [3.63, 3.8) is 0 Å². The summed E-state index contributed by atoms with van der Waals surface area (Å²) in [6, 6.07) is 9.06. The highest BCUT2D eigenvalue weighted by molar-refractivity contribution is 5.99. The Kier molecular flexibility index (Phi) is 4.35. The van der Waals surface area contributed by atoms with Gasteiger partial charge < -0.3 is 9.84 Å². The molecule has 0 aromatic heterocycles. The first-order valence-corrected chi connectivity index (χ1v) is 6.16. The van der Waals surface area contributed by atoms with Crippen LogP contribution in [0.15, 0.2) is 30.3 Å². The number of carbonyl (C=O) groups excluding carboxylic acids is 1. The Bertz CT molecular complexity index is 459. The lowest BCUT2D eigenvalue weighted by Crippen LogP contribution is -2.43. The zero-order valence-electron chi connectivity index (χ0n) is 11.8. The molecule has 4 nitrogen and oxygen atoms in total. The molecule has 0 aliphatic rings. The molecule has 1 aromatic carbocycles. The van der Waals surface area contributed by atoms with Crippen molar-refractivity contribution in [3.05, 3.63) is 35.9 Å². The minimum absolute atomic E-state index is 0.109. The fourth-order valence-corrected chi connectivity index (χ4v) is 1.63. The molecule has 0 saturated carbocycles. The third-order valence-corrected chi connectivity index (χ3v) is 2.72. The number of carboxylic acids is 1. The fraction of sp³-hybridized carbons (Fsp3) is 0.467. The zero-order valence-corrected chi connectivity index (χ0v) is 11.8. The summed E-state index contributed by atoms with van der Waals surface area (Å²) in [4.78, 5) is 23.6. The SMILES string of the molecule is CC(C)(C)OC(=O)[C@](C)(Cc1ccccc1)C(=O)O. The normalized spacial score (nSPS) is 14.5. The molecular formula is C15H20O4. The highest BCUT2D eigenvalue weighted by Gasteiger charge is 2.44. The lowest BCUT2D eigenvalue weighted by Gasteiger charge is -2.28. The van der Waals surface area contributed by atoms with Crippen LogP contribution in [0.1, 0.15) is 33.3 Å². The molecule has 0 bridgehead atoms. The van der Waals surface area contributed by atoms with Crippen LogP contribution in [0, 0.1) is 5.41 Å². The predicted octanol–water partition coefficient (Wildman–Crippen LogP) is 2.66. The van der Waals surface area contributed by atoms with Gasteiger partial charge in [0, 0.05) is 0 Å². The molecule has 0 heterocycles. The molecule has 0 spiro atoms. The molecule has 19 heavy (non-hydrogen) atoms. The van der Waals surface area contributed by atoms with Gasteiger partial charge in [0.15, 0.2) is 5.41 Å². The summed E-state index contributed by atoms with van der Waals surface area (Å²) in [5.41, 5.74) is -1.49. The summed E-state index contributed by atoms with van der Waals surface area (Å²) in [6.07, 6.45) is 0.109. The van der Waals surface area contributed by atoms with Crippen molar-refractivity contribution in [1.29, 1.82) is 0 Å². The highest BCUT2D eigenvalue weighted by Crippen LogP contribution is 2.27. The third-order valence-electron chi connectivity index (χ3n) is 2.72. The molecule has 0 radical (unpaired) electrons. The van der Waals surface area contributed by atoms with Crippen LogP contribution in [0.3, 0.4) is 0 Å². The monoisotopic (exact) mass is 264 g/mol. The lowest BCUT2D eigenvalue weighted by molar-refractivity contribution is -0.175. The lowest BCUT2D eigenvalue weighted by atomic mass is 9.83. The number of ether oxygens (including phenoxy) is 1. The van der Waals surface area contributed by atoms with E-state index in [1.54, 1.807) is 32.9 Å². The van der Waals surface area contributed by atoms with E-state index in [1.165, 1.54) is 6.92 Å². The molecule has 0 fully saturated rings. The second kappa shape index (κ2) is 5.43. The average Bonchev–Trinajstić information content (AvgIpc) is 2.27. The quantitative estimate of drug-likeness (QED) is 0.670. The Labute approximate surface area is 113 Å². The van der Waals surface area contributed by atoms with Gasteiger partial charge in [-0.1, -0.05) is 30.3 Å². The molecule has 1 N–H and O–H groups in total. The molecule has 0 saturated heterocycles. The Hall–Kier alpha value is -1.84. The van der Waals surface area contributed by atoms with Gasteiger partial charge in [0.25, 0.3) is 0 Å². The minimum Gasteiger partial charge on any atom is -0.480 e. The first kappa shape index (κ1) is 15.2. The Balaban J connectivity index is 2.98. The fourth-order valence-electron chi connectivity index (χ4n) is 1.63. The number of esters is 1. The number of carbonyl (C=O) groups is 2. The van der Waals surface area contributed by atoms with E-state index in [4.69, 9.17) is 4.74 Å². The molecule has 1 aromatic rings. The average molecular weight is 264 g/mol. The van der Waals surface area contributed by atoms with Gasteiger partial charge in [-0.25, -0.2) is 0 Å². The van der Waals surface area contributed by atoms with Crippen LogP contribution in [0.25, 0.3) is 0 Å². The van der Waals surface area contributed by atoms with E-state index in [9.17, 15) is 14.7 Å². The topological polar surface area (TPSA) is 63.6 Å².